The fraction of sp³-hybridized carbons (Fsp3) is 0.300. The van der Waals surface area contributed by atoms with Gasteiger partial charge in [-0.25, -0.2) is 9.18 Å². The van der Waals surface area contributed by atoms with Crippen molar-refractivity contribution in [3.05, 3.63) is 34.6 Å². The summed E-state index contributed by atoms with van der Waals surface area (Å²) in [4.78, 5) is 11.2. The number of hydrogen-bond acceptors (Lipinski definition) is 3. The molecular weight excluding hydrogens is 187 g/mol. The number of halogens is 1. The molecule has 1 N–H and O–H groups in total. The van der Waals surface area contributed by atoms with Crippen LogP contribution in [0.2, 0.25) is 0 Å². The summed E-state index contributed by atoms with van der Waals surface area (Å²) in [5.41, 5.74) is 0.862. The average Bonchev–Trinajstić information content (AvgIpc) is 2.17. The van der Waals surface area contributed by atoms with E-state index in [1.807, 2.05) is 0 Å². The number of rotatable bonds is 2. The maximum Gasteiger partial charge on any atom is 0.338 e. The summed E-state index contributed by atoms with van der Waals surface area (Å²) in [5.74, 6) is -1.05. The van der Waals surface area contributed by atoms with Crippen molar-refractivity contribution in [1.29, 1.82) is 0 Å². The van der Waals surface area contributed by atoms with Gasteiger partial charge >= 0.3 is 5.97 Å². The van der Waals surface area contributed by atoms with E-state index in [0.717, 1.165) is 0 Å². The van der Waals surface area contributed by atoms with E-state index < -0.39 is 18.4 Å². The Bertz CT molecular complexity index is 361. The molecule has 0 aliphatic rings. The number of hydrogen-bond donors (Lipinski definition) is 1. The van der Waals surface area contributed by atoms with Gasteiger partial charge in [-0.15, -0.1) is 0 Å². The number of esters is 1. The third-order valence-corrected chi connectivity index (χ3v) is 1.97. The lowest BCUT2D eigenvalue weighted by molar-refractivity contribution is 0.0599. The van der Waals surface area contributed by atoms with Gasteiger partial charge in [0, 0.05) is 5.56 Å². The number of aliphatic hydroxyl groups is 1. The summed E-state index contributed by atoms with van der Waals surface area (Å²) in [6.45, 7) is 1.17. The second-order valence-corrected chi connectivity index (χ2v) is 2.91. The van der Waals surface area contributed by atoms with Gasteiger partial charge in [-0.05, 0) is 24.6 Å². The predicted molar refractivity (Wildman–Crippen MR) is 48.4 cm³/mol. The Morgan fingerprint density at radius 1 is 1.57 bits per heavy atom. The molecule has 1 aromatic carbocycles. The minimum Gasteiger partial charge on any atom is -0.465 e. The second kappa shape index (κ2) is 4.19. The molecule has 3 nitrogen and oxygen atoms in total. The molecule has 0 radical (unpaired) electrons. The van der Waals surface area contributed by atoms with Gasteiger partial charge in [-0.3, -0.25) is 0 Å². The number of carbonyl (C=O) groups is 1. The normalized spacial score (nSPS) is 10.0. The van der Waals surface area contributed by atoms with Gasteiger partial charge in [0.1, 0.15) is 5.82 Å². The first kappa shape index (κ1) is 10.7. The zero-order chi connectivity index (χ0) is 10.7. The average molecular weight is 198 g/mol. The van der Waals surface area contributed by atoms with Crippen LogP contribution in [0.25, 0.3) is 0 Å². The molecule has 0 fully saturated rings. The Morgan fingerprint density at radius 3 is 2.71 bits per heavy atom. The fourth-order valence-electron chi connectivity index (χ4n) is 1.17. The van der Waals surface area contributed by atoms with Crippen LogP contribution in [0.1, 0.15) is 21.5 Å². The molecular formula is C10H11FO3. The van der Waals surface area contributed by atoms with E-state index in [4.69, 9.17) is 5.11 Å². The largest absolute Gasteiger partial charge is 0.465 e. The van der Waals surface area contributed by atoms with Crippen molar-refractivity contribution in [3.8, 4) is 0 Å². The van der Waals surface area contributed by atoms with Crippen LogP contribution in [-0.2, 0) is 11.3 Å². The first-order valence-corrected chi connectivity index (χ1v) is 4.08. The van der Waals surface area contributed by atoms with Gasteiger partial charge in [0.2, 0.25) is 0 Å². The van der Waals surface area contributed by atoms with E-state index in [-0.39, 0.29) is 11.1 Å². The Morgan fingerprint density at radius 2 is 2.21 bits per heavy atom. The Kier molecular flexibility index (Phi) is 3.19. The van der Waals surface area contributed by atoms with E-state index >= 15 is 0 Å². The topological polar surface area (TPSA) is 46.5 Å². The SMILES string of the molecule is COC(=O)c1cc(CO)c(F)cc1C. The van der Waals surface area contributed by atoms with Crippen LogP contribution < -0.4 is 0 Å². The fourth-order valence-corrected chi connectivity index (χ4v) is 1.17. The predicted octanol–water partition coefficient (Wildman–Crippen LogP) is 1.41. The molecule has 0 aliphatic heterocycles. The summed E-state index contributed by atoms with van der Waals surface area (Å²) in [7, 11) is 1.25. The number of ether oxygens (including phenoxy) is 1. The van der Waals surface area contributed by atoms with Crippen molar-refractivity contribution in [2.45, 2.75) is 13.5 Å². The van der Waals surface area contributed by atoms with E-state index in [9.17, 15) is 9.18 Å². The molecule has 0 atom stereocenters. The smallest absolute Gasteiger partial charge is 0.338 e. The highest BCUT2D eigenvalue weighted by molar-refractivity contribution is 5.91. The quantitative estimate of drug-likeness (QED) is 0.731. The summed E-state index contributed by atoms with van der Waals surface area (Å²) < 4.78 is 17.6. The number of carbonyl (C=O) groups excluding carboxylic acids is 1. The zero-order valence-electron chi connectivity index (χ0n) is 8.00. The first-order chi connectivity index (χ1) is 6.60. The molecule has 76 valence electrons. The van der Waals surface area contributed by atoms with Crippen molar-refractivity contribution in [3.63, 3.8) is 0 Å². The van der Waals surface area contributed by atoms with Crippen LogP contribution in [0.5, 0.6) is 0 Å². The maximum absolute atomic E-state index is 13.1. The van der Waals surface area contributed by atoms with Crippen LogP contribution in [-0.4, -0.2) is 18.2 Å². The zero-order valence-corrected chi connectivity index (χ0v) is 8.00. The first-order valence-electron chi connectivity index (χ1n) is 4.08. The Hall–Kier alpha value is -1.42. The Balaban J connectivity index is 3.24. The summed E-state index contributed by atoms with van der Waals surface area (Å²) >= 11 is 0. The molecule has 14 heavy (non-hydrogen) atoms. The second-order valence-electron chi connectivity index (χ2n) is 2.91. The van der Waals surface area contributed by atoms with Crippen LogP contribution in [0, 0.1) is 12.7 Å². The number of aliphatic hydroxyl groups excluding tert-OH is 1. The van der Waals surface area contributed by atoms with Gasteiger partial charge < -0.3 is 9.84 Å². The standard InChI is InChI=1S/C10H11FO3/c1-6-3-9(11)7(5-12)4-8(6)10(13)14-2/h3-4,12H,5H2,1-2H3. The van der Waals surface area contributed by atoms with Crippen LogP contribution in [0.3, 0.4) is 0 Å². The Labute approximate surface area is 81.1 Å². The molecule has 0 saturated carbocycles. The molecule has 0 heterocycles. The van der Waals surface area contributed by atoms with E-state index in [0.29, 0.717) is 5.56 Å². The molecule has 1 aromatic rings. The van der Waals surface area contributed by atoms with Gasteiger partial charge in [-0.2, -0.15) is 0 Å². The number of benzene rings is 1. The van der Waals surface area contributed by atoms with Crippen molar-refractivity contribution >= 4 is 5.97 Å². The molecule has 1 rings (SSSR count). The van der Waals surface area contributed by atoms with E-state index in [2.05, 4.69) is 4.74 Å². The highest BCUT2D eigenvalue weighted by Crippen LogP contribution is 2.16. The highest BCUT2D eigenvalue weighted by atomic mass is 19.1. The van der Waals surface area contributed by atoms with Crippen LogP contribution in [0.4, 0.5) is 4.39 Å². The molecule has 0 spiro atoms. The summed E-state index contributed by atoms with van der Waals surface area (Å²) in [6.07, 6.45) is 0. The van der Waals surface area contributed by atoms with Gasteiger partial charge in [0.05, 0.1) is 19.3 Å². The lowest BCUT2D eigenvalue weighted by Crippen LogP contribution is -2.06. The monoisotopic (exact) mass is 198 g/mol. The molecule has 0 unspecified atom stereocenters. The molecule has 0 amide bonds. The molecule has 0 aliphatic carbocycles. The van der Waals surface area contributed by atoms with Crippen molar-refractivity contribution < 1.29 is 19.0 Å². The summed E-state index contributed by atoms with van der Waals surface area (Å²) in [5, 5.41) is 8.80. The van der Waals surface area contributed by atoms with Crippen LogP contribution in [0.15, 0.2) is 12.1 Å². The highest BCUT2D eigenvalue weighted by Gasteiger charge is 2.12. The van der Waals surface area contributed by atoms with Crippen LogP contribution >= 0.6 is 0 Å². The van der Waals surface area contributed by atoms with Gasteiger partial charge in [-0.1, -0.05) is 0 Å². The van der Waals surface area contributed by atoms with Gasteiger partial charge in [0.15, 0.2) is 0 Å². The molecule has 0 saturated heterocycles. The minimum absolute atomic E-state index is 0.0935. The van der Waals surface area contributed by atoms with Crippen molar-refractivity contribution in [1.82, 2.24) is 0 Å². The maximum atomic E-state index is 13.1. The lowest BCUT2D eigenvalue weighted by Gasteiger charge is -2.06. The molecule has 0 aromatic heterocycles. The third-order valence-electron chi connectivity index (χ3n) is 1.97. The van der Waals surface area contributed by atoms with Gasteiger partial charge in [0.25, 0.3) is 0 Å². The van der Waals surface area contributed by atoms with Crippen molar-refractivity contribution in [2.75, 3.05) is 7.11 Å². The lowest BCUT2D eigenvalue weighted by atomic mass is 10.0. The minimum atomic E-state index is -0.530. The third kappa shape index (κ3) is 1.90. The number of aryl methyl sites for hydroxylation is 1. The number of methoxy groups -OCH3 is 1. The summed E-state index contributed by atoms with van der Waals surface area (Å²) in [6, 6.07) is 2.51. The molecule has 4 heteroatoms. The van der Waals surface area contributed by atoms with E-state index in [1.54, 1.807) is 6.92 Å². The van der Waals surface area contributed by atoms with E-state index in [1.165, 1.54) is 19.2 Å². The molecule has 0 bridgehead atoms. The van der Waals surface area contributed by atoms with Crippen molar-refractivity contribution in [2.24, 2.45) is 0 Å².